The summed E-state index contributed by atoms with van der Waals surface area (Å²) in [5, 5.41) is 4.64. The average Bonchev–Trinajstić information content (AvgIpc) is 3.07. The van der Waals surface area contributed by atoms with Crippen LogP contribution in [0.4, 0.5) is 4.79 Å². The maximum absolute atomic E-state index is 11.7. The highest BCUT2D eigenvalue weighted by Gasteiger charge is 2.51. The number of urea groups is 1. The fraction of sp³-hybridized carbons (Fsp3) is 0.818. The summed E-state index contributed by atoms with van der Waals surface area (Å²) in [6.07, 6.45) is 2.42. The Morgan fingerprint density at radius 3 is 2.47 bits per heavy atom. The minimum absolute atomic E-state index is 0.0957. The second-order valence-electron chi connectivity index (χ2n) is 5.16. The number of rotatable bonds is 3. The van der Waals surface area contributed by atoms with E-state index in [2.05, 4.69) is 10.6 Å². The van der Waals surface area contributed by atoms with Crippen molar-refractivity contribution in [2.75, 3.05) is 20.1 Å². The summed E-state index contributed by atoms with van der Waals surface area (Å²) in [7, 11) is 1.48. The Kier molecular flexibility index (Phi) is 3.09. The van der Waals surface area contributed by atoms with Gasteiger partial charge in [-0.05, 0) is 25.7 Å². The molecule has 6 heteroatoms. The molecule has 6 nitrogen and oxygen atoms in total. The minimum Gasteiger partial charge on any atom is -0.341 e. The van der Waals surface area contributed by atoms with Crippen molar-refractivity contribution in [2.45, 2.75) is 31.3 Å². The van der Waals surface area contributed by atoms with Crippen LogP contribution in [0.2, 0.25) is 0 Å². The molecule has 1 aliphatic carbocycles. The van der Waals surface area contributed by atoms with E-state index >= 15 is 0 Å². The lowest BCUT2D eigenvalue weighted by atomic mass is 9.84. The molecule has 96 valence electrons. The van der Waals surface area contributed by atoms with Gasteiger partial charge in [0.05, 0.1) is 6.04 Å². The van der Waals surface area contributed by atoms with E-state index in [1.807, 2.05) is 4.90 Å². The molecule has 0 bridgehead atoms. The van der Waals surface area contributed by atoms with Gasteiger partial charge < -0.3 is 11.1 Å². The van der Waals surface area contributed by atoms with E-state index in [1.165, 1.54) is 19.9 Å². The summed E-state index contributed by atoms with van der Waals surface area (Å²) in [6.45, 7) is 3.30. The maximum atomic E-state index is 11.7. The molecule has 3 amide bonds. The van der Waals surface area contributed by atoms with Crippen LogP contribution in [0.3, 0.4) is 0 Å². The van der Waals surface area contributed by atoms with Gasteiger partial charge in [-0.2, -0.15) is 0 Å². The second kappa shape index (κ2) is 4.27. The number of carbonyl (C=O) groups excluding carboxylic acids is 2. The Labute approximate surface area is 101 Å². The average molecular weight is 240 g/mol. The van der Waals surface area contributed by atoms with Gasteiger partial charge >= 0.3 is 6.03 Å². The lowest BCUT2D eigenvalue weighted by Gasteiger charge is -2.50. The summed E-state index contributed by atoms with van der Waals surface area (Å²) in [5.74, 6) is 0.357. The van der Waals surface area contributed by atoms with Crippen LogP contribution >= 0.6 is 0 Å². The molecule has 0 aromatic heterocycles. The molecule has 1 saturated heterocycles. The largest absolute Gasteiger partial charge is 0.341 e. The SMILES string of the molecule is CNC(=O)NC(=O)C(C)N1CC(N)(C2CC2)C1. The van der Waals surface area contributed by atoms with Crippen molar-refractivity contribution in [3.8, 4) is 0 Å². The zero-order valence-electron chi connectivity index (χ0n) is 10.3. The third kappa shape index (κ3) is 2.42. The topological polar surface area (TPSA) is 87.5 Å². The molecule has 1 saturated carbocycles. The summed E-state index contributed by atoms with van der Waals surface area (Å²) >= 11 is 0. The molecule has 0 aromatic carbocycles. The summed E-state index contributed by atoms with van der Waals surface area (Å²) < 4.78 is 0. The molecule has 2 fully saturated rings. The molecular weight excluding hydrogens is 220 g/mol. The Morgan fingerprint density at radius 2 is 2.00 bits per heavy atom. The molecule has 1 unspecified atom stereocenters. The number of carbonyl (C=O) groups is 2. The van der Waals surface area contributed by atoms with Crippen LogP contribution < -0.4 is 16.4 Å². The van der Waals surface area contributed by atoms with Crippen molar-refractivity contribution in [3.63, 3.8) is 0 Å². The van der Waals surface area contributed by atoms with Crippen LogP contribution in [-0.4, -0.2) is 48.6 Å². The van der Waals surface area contributed by atoms with Crippen LogP contribution in [-0.2, 0) is 4.79 Å². The second-order valence-corrected chi connectivity index (χ2v) is 5.16. The van der Waals surface area contributed by atoms with Gasteiger partial charge in [-0.1, -0.05) is 0 Å². The molecule has 0 spiro atoms. The monoisotopic (exact) mass is 240 g/mol. The van der Waals surface area contributed by atoms with Crippen molar-refractivity contribution < 1.29 is 9.59 Å². The van der Waals surface area contributed by atoms with Gasteiger partial charge in [-0.15, -0.1) is 0 Å². The predicted molar refractivity (Wildman–Crippen MR) is 63.3 cm³/mol. The molecular formula is C11H20N4O2. The number of imide groups is 1. The van der Waals surface area contributed by atoms with Gasteiger partial charge in [0, 0.05) is 25.7 Å². The van der Waals surface area contributed by atoms with E-state index in [0.29, 0.717) is 5.92 Å². The zero-order chi connectivity index (χ0) is 12.6. The Hall–Kier alpha value is -1.14. The first-order valence-corrected chi connectivity index (χ1v) is 6.02. The number of nitrogens with two attached hydrogens (primary N) is 1. The first-order valence-electron chi connectivity index (χ1n) is 6.02. The van der Waals surface area contributed by atoms with Crippen LogP contribution in [0.1, 0.15) is 19.8 Å². The van der Waals surface area contributed by atoms with Crippen molar-refractivity contribution >= 4 is 11.9 Å². The summed E-state index contributed by atoms with van der Waals surface area (Å²) in [5.41, 5.74) is 6.12. The van der Waals surface area contributed by atoms with Gasteiger partial charge in [-0.3, -0.25) is 15.0 Å². The van der Waals surface area contributed by atoms with Crippen molar-refractivity contribution in [2.24, 2.45) is 11.7 Å². The van der Waals surface area contributed by atoms with Gasteiger partial charge in [-0.25, -0.2) is 4.79 Å². The highest BCUT2D eigenvalue weighted by Crippen LogP contribution is 2.43. The maximum Gasteiger partial charge on any atom is 0.321 e. The smallest absolute Gasteiger partial charge is 0.321 e. The lowest BCUT2D eigenvalue weighted by molar-refractivity contribution is -0.128. The predicted octanol–water partition coefficient (Wildman–Crippen LogP) is -0.746. The van der Waals surface area contributed by atoms with E-state index in [9.17, 15) is 9.59 Å². The number of likely N-dealkylation sites (tertiary alicyclic amines) is 1. The van der Waals surface area contributed by atoms with Gasteiger partial charge in [0.25, 0.3) is 0 Å². The molecule has 4 N–H and O–H groups in total. The van der Waals surface area contributed by atoms with Crippen molar-refractivity contribution in [1.82, 2.24) is 15.5 Å². The third-order valence-electron chi connectivity index (χ3n) is 3.78. The first kappa shape index (κ1) is 12.3. The summed E-state index contributed by atoms with van der Waals surface area (Å²) in [6, 6.07) is -0.772. The molecule has 1 heterocycles. The summed E-state index contributed by atoms with van der Waals surface area (Å²) in [4.78, 5) is 24.7. The van der Waals surface area contributed by atoms with Crippen molar-refractivity contribution in [3.05, 3.63) is 0 Å². The van der Waals surface area contributed by atoms with E-state index in [4.69, 9.17) is 5.73 Å². The molecule has 1 atom stereocenters. The molecule has 1 aliphatic heterocycles. The number of hydrogen-bond acceptors (Lipinski definition) is 4. The zero-order valence-corrected chi connectivity index (χ0v) is 10.3. The minimum atomic E-state index is -0.469. The Balaban J connectivity index is 1.79. The number of nitrogens with zero attached hydrogens (tertiary/aromatic N) is 1. The van der Waals surface area contributed by atoms with Crippen LogP contribution in [0, 0.1) is 5.92 Å². The van der Waals surface area contributed by atoms with Gasteiger partial charge in [0.15, 0.2) is 0 Å². The van der Waals surface area contributed by atoms with E-state index in [0.717, 1.165) is 13.1 Å². The molecule has 0 aromatic rings. The Bertz CT molecular complexity index is 334. The van der Waals surface area contributed by atoms with Crippen LogP contribution in [0.5, 0.6) is 0 Å². The number of nitrogens with one attached hydrogen (secondary N) is 2. The first-order chi connectivity index (χ1) is 7.96. The molecule has 2 rings (SSSR count). The molecule has 2 aliphatic rings. The van der Waals surface area contributed by atoms with E-state index in [-0.39, 0.29) is 17.5 Å². The fourth-order valence-electron chi connectivity index (χ4n) is 2.34. The van der Waals surface area contributed by atoms with Crippen LogP contribution in [0.25, 0.3) is 0 Å². The quantitative estimate of drug-likeness (QED) is 0.606. The lowest BCUT2D eigenvalue weighted by Crippen LogP contribution is -2.72. The Morgan fingerprint density at radius 1 is 1.41 bits per heavy atom. The van der Waals surface area contributed by atoms with Gasteiger partial charge in [0.2, 0.25) is 5.91 Å². The standard InChI is InChI=1S/C11H20N4O2/c1-7(9(16)14-10(17)13-2)15-5-11(12,6-15)8-3-4-8/h7-8H,3-6,12H2,1-2H3,(H2,13,14,16,17). The molecule has 0 radical (unpaired) electrons. The van der Waals surface area contributed by atoms with E-state index in [1.54, 1.807) is 6.92 Å². The van der Waals surface area contributed by atoms with Crippen LogP contribution in [0.15, 0.2) is 0 Å². The molecule has 17 heavy (non-hydrogen) atoms. The van der Waals surface area contributed by atoms with E-state index < -0.39 is 6.03 Å². The highest BCUT2D eigenvalue weighted by molar-refractivity contribution is 5.96. The van der Waals surface area contributed by atoms with Crippen molar-refractivity contribution in [1.29, 1.82) is 0 Å². The van der Waals surface area contributed by atoms with Gasteiger partial charge in [0.1, 0.15) is 0 Å². The number of amides is 3. The normalized spacial score (nSPS) is 24.6. The highest BCUT2D eigenvalue weighted by atomic mass is 16.2. The number of hydrogen-bond donors (Lipinski definition) is 3. The third-order valence-corrected chi connectivity index (χ3v) is 3.78. The fourth-order valence-corrected chi connectivity index (χ4v) is 2.34.